The van der Waals surface area contributed by atoms with Crippen molar-refractivity contribution in [3.05, 3.63) is 222 Å². The van der Waals surface area contributed by atoms with Crippen LogP contribution in [0.3, 0.4) is 0 Å². The van der Waals surface area contributed by atoms with Crippen LogP contribution >= 0.6 is 0 Å². The molecule has 2 aromatic heterocycles. The predicted octanol–water partition coefficient (Wildman–Crippen LogP) is 13.0. The summed E-state index contributed by atoms with van der Waals surface area (Å²) in [4.78, 5) is 10.1. The van der Waals surface area contributed by atoms with Crippen LogP contribution in [-0.4, -0.2) is 15.1 Å². The number of aryl methyl sites for hydroxylation is 1. The SMILES string of the molecule is Cc1cc(-c2ccc3c(c2)C2(c4ccccc4-c4ccccc42)c2ccccc2-3)cc(-c2[c-]c(-c3cc(-c4ccccc4)cc(-c4ccccc4O)n3)ccc2)n1.[Pt]. The maximum Gasteiger partial charge on any atom is 0.124 e. The van der Waals surface area contributed by atoms with Gasteiger partial charge in [-0.1, -0.05) is 151 Å². The van der Waals surface area contributed by atoms with Crippen LogP contribution in [0.5, 0.6) is 5.75 Å². The molecule has 2 heterocycles. The minimum absolute atomic E-state index is 0. The molecule has 0 saturated carbocycles. The van der Waals surface area contributed by atoms with Gasteiger partial charge in [0.25, 0.3) is 0 Å². The van der Waals surface area contributed by atoms with E-state index in [9.17, 15) is 5.11 Å². The van der Waals surface area contributed by atoms with Crippen LogP contribution in [0.4, 0.5) is 0 Å². The summed E-state index contributed by atoms with van der Waals surface area (Å²) >= 11 is 0. The molecule has 1 spiro atoms. The fourth-order valence-electron chi connectivity index (χ4n) is 9.31. The van der Waals surface area contributed by atoms with Crippen molar-refractivity contribution in [1.82, 2.24) is 9.97 Å². The minimum atomic E-state index is -0.404. The largest absolute Gasteiger partial charge is 0.507 e. The summed E-state index contributed by atoms with van der Waals surface area (Å²) in [7, 11) is 0. The molecule has 1 N–H and O–H groups in total. The molecule has 2 aliphatic rings. The van der Waals surface area contributed by atoms with Crippen LogP contribution in [0.15, 0.2) is 188 Å². The first-order valence-corrected chi connectivity index (χ1v) is 19.4. The third-order valence-electron chi connectivity index (χ3n) is 11.7. The fourth-order valence-corrected chi connectivity index (χ4v) is 9.31. The van der Waals surface area contributed by atoms with Crippen molar-refractivity contribution in [3.8, 4) is 84.0 Å². The van der Waals surface area contributed by atoms with E-state index in [1.54, 1.807) is 6.07 Å². The number of pyridine rings is 2. The monoisotopic (exact) mass is 922 g/mol. The Hall–Kier alpha value is -6.67. The molecule has 2 aliphatic carbocycles. The zero-order chi connectivity index (χ0) is 38.1. The molecule has 0 fully saturated rings. The van der Waals surface area contributed by atoms with E-state index in [2.05, 4.69) is 140 Å². The summed E-state index contributed by atoms with van der Waals surface area (Å²) in [5.41, 5.74) is 20.1. The molecular weight excluding hydrogens is 888 g/mol. The van der Waals surface area contributed by atoms with Gasteiger partial charge in [0, 0.05) is 43.7 Å². The smallest absolute Gasteiger partial charge is 0.124 e. The van der Waals surface area contributed by atoms with Gasteiger partial charge in [0.1, 0.15) is 5.75 Å². The molecule has 0 amide bonds. The summed E-state index contributed by atoms with van der Waals surface area (Å²) in [6.45, 7) is 2.06. The van der Waals surface area contributed by atoms with Crippen LogP contribution in [0.25, 0.3) is 78.3 Å². The molecule has 9 aromatic rings. The van der Waals surface area contributed by atoms with E-state index in [1.807, 2.05) is 54.6 Å². The van der Waals surface area contributed by atoms with Crippen molar-refractivity contribution in [2.24, 2.45) is 0 Å². The predicted molar refractivity (Wildman–Crippen MR) is 231 cm³/mol. The fraction of sp³-hybridized carbons (Fsp3) is 0.0370. The molecule has 0 saturated heterocycles. The van der Waals surface area contributed by atoms with E-state index in [1.165, 1.54) is 44.5 Å². The molecule has 3 nitrogen and oxygen atoms in total. The molecule has 0 bridgehead atoms. The van der Waals surface area contributed by atoms with Crippen LogP contribution < -0.4 is 0 Å². The Kier molecular flexibility index (Phi) is 8.66. The summed E-state index contributed by atoms with van der Waals surface area (Å²) in [5, 5.41) is 10.8. The number of fused-ring (bicyclic) bond motifs is 10. The number of phenols is 1. The molecule has 278 valence electrons. The third kappa shape index (κ3) is 5.53. The number of rotatable bonds is 5. The number of benzene rings is 7. The van der Waals surface area contributed by atoms with Crippen molar-refractivity contribution < 1.29 is 26.2 Å². The molecule has 0 atom stereocenters. The maximum atomic E-state index is 10.8. The van der Waals surface area contributed by atoms with Crippen LogP contribution in [-0.2, 0) is 26.5 Å². The van der Waals surface area contributed by atoms with Gasteiger partial charge in [-0.2, -0.15) is 0 Å². The minimum Gasteiger partial charge on any atom is -0.507 e. The van der Waals surface area contributed by atoms with Crippen molar-refractivity contribution in [2.75, 3.05) is 0 Å². The van der Waals surface area contributed by atoms with Crippen molar-refractivity contribution >= 4 is 0 Å². The second-order valence-electron chi connectivity index (χ2n) is 15.0. The number of aromatic nitrogens is 2. The van der Waals surface area contributed by atoms with E-state index < -0.39 is 5.41 Å². The molecule has 58 heavy (non-hydrogen) atoms. The van der Waals surface area contributed by atoms with Crippen LogP contribution in [0, 0.1) is 13.0 Å². The van der Waals surface area contributed by atoms with Gasteiger partial charge >= 0.3 is 0 Å². The molecule has 11 rings (SSSR count). The van der Waals surface area contributed by atoms with Gasteiger partial charge in [0.05, 0.1) is 11.1 Å². The Morgan fingerprint density at radius 2 is 0.897 bits per heavy atom. The third-order valence-corrected chi connectivity index (χ3v) is 11.7. The zero-order valence-corrected chi connectivity index (χ0v) is 33.8. The first kappa shape index (κ1) is 35.7. The number of hydrogen-bond acceptors (Lipinski definition) is 3. The Labute approximate surface area is 352 Å². The van der Waals surface area contributed by atoms with E-state index in [-0.39, 0.29) is 26.8 Å². The molecule has 0 unspecified atom stereocenters. The van der Waals surface area contributed by atoms with Gasteiger partial charge in [-0.25, -0.2) is 0 Å². The first-order valence-electron chi connectivity index (χ1n) is 19.4. The summed E-state index contributed by atoms with van der Waals surface area (Å²) < 4.78 is 0. The second kappa shape index (κ2) is 14.1. The van der Waals surface area contributed by atoms with E-state index in [0.717, 1.165) is 50.5 Å². The van der Waals surface area contributed by atoms with Crippen LogP contribution in [0.2, 0.25) is 0 Å². The van der Waals surface area contributed by atoms with Gasteiger partial charge in [-0.15, -0.1) is 24.3 Å². The second-order valence-corrected chi connectivity index (χ2v) is 15.0. The van der Waals surface area contributed by atoms with Gasteiger partial charge in [0.2, 0.25) is 0 Å². The molecule has 0 radical (unpaired) electrons. The Morgan fingerprint density at radius 3 is 1.52 bits per heavy atom. The van der Waals surface area contributed by atoms with Crippen molar-refractivity contribution in [2.45, 2.75) is 12.3 Å². The number of hydrogen-bond donors (Lipinski definition) is 1. The summed E-state index contributed by atoms with van der Waals surface area (Å²) in [5.74, 6) is 0.193. The number of aromatic hydroxyl groups is 1. The average Bonchev–Trinajstić information content (AvgIpc) is 3.74. The number of nitrogens with zero attached hydrogens (tertiary/aromatic N) is 2. The van der Waals surface area contributed by atoms with Gasteiger partial charge in [-0.3, -0.25) is 9.97 Å². The quantitative estimate of drug-likeness (QED) is 0.175. The molecule has 4 heteroatoms. The summed E-state index contributed by atoms with van der Waals surface area (Å²) in [6.07, 6.45) is 0. The Bertz CT molecular complexity index is 3000. The van der Waals surface area contributed by atoms with E-state index >= 15 is 0 Å². The first-order chi connectivity index (χ1) is 28.1. The molecular formula is C54H35N2OPt-. The zero-order valence-electron chi connectivity index (χ0n) is 31.6. The standard InChI is InChI=1S/C54H35N2O.Pt/c1-34-28-39(36-26-27-44-43-20-7-11-24-48(43)54(49(44)30-36)46-22-9-5-18-41(46)42-19-6-10-23-47(42)54)31-50(55-34)37-16-13-17-38(29-37)51-32-40(35-14-3-2-4-15-35)33-52(56-51)45-21-8-12-25-53(45)57;/h2-28,30-33,57H,1H3;/q-1;. The Balaban J connectivity index is 0.00000408. The van der Waals surface area contributed by atoms with Gasteiger partial charge < -0.3 is 5.11 Å². The number of phenolic OH excluding ortho intramolecular Hbond substituents is 1. The van der Waals surface area contributed by atoms with E-state index in [0.29, 0.717) is 11.3 Å². The van der Waals surface area contributed by atoms with Crippen molar-refractivity contribution in [3.63, 3.8) is 0 Å². The van der Waals surface area contributed by atoms with Crippen LogP contribution in [0.1, 0.15) is 27.9 Å². The van der Waals surface area contributed by atoms with E-state index in [4.69, 9.17) is 9.97 Å². The number of para-hydroxylation sites is 1. The van der Waals surface area contributed by atoms with Gasteiger partial charge in [0.15, 0.2) is 0 Å². The maximum absolute atomic E-state index is 10.8. The topological polar surface area (TPSA) is 46.0 Å². The van der Waals surface area contributed by atoms with Gasteiger partial charge in [-0.05, 0) is 104 Å². The average molecular weight is 923 g/mol. The van der Waals surface area contributed by atoms with Crippen molar-refractivity contribution in [1.29, 1.82) is 0 Å². The summed E-state index contributed by atoms with van der Waals surface area (Å²) in [6, 6.07) is 69.8. The normalized spacial score (nSPS) is 12.6. The Morgan fingerprint density at radius 1 is 0.397 bits per heavy atom. The molecule has 0 aliphatic heterocycles. The molecule has 7 aromatic carbocycles.